The van der Waals surface area contributed by atoms with Crippen molar-refractivity contribution in [2.75, 3.05) is 19.8 Å². The fourth-order valence-electron chi connectivity index (χ4n) is 14.6. The summed E-state index contributed by atoms with van der Waals surface area (Å²) in [6, 6.07) is -0.931. The van der Waals surface area contributed by atoms with Crippen LogP contribution in [0.2, 0.25) is 0 Å². The zero-order valence-corrected chi connectivity index (χ0v) is 64.5. The minimum Gasteiger partial charge on any atom is -0.394 e. The van der Waals surface area contributed by atoms with E-state index in [0.29, 0.717) is 12.8 Å². The number of unbranched alkanes of at least 4 members (excludes halogenated alkanes) is 59. The molecule has 12 unspecified atom stereocenters. The first kappa shape index (κ1) is 93.6. The second-order valence-corrected chi connectivity index (χ2v) is 30.7. The van der Waals surface area contributed by atoms with Gasteiger partial charge in [-0.1, -0.05) is 404 Å². The van der Waals surface area contributed by atoms with Crippen LogP contribution in [0.3, 0.4) is 0 Å². The first-order valence-corrected chi connectivity index (χ1v) is 43.1. The van der Waals surface area contributed by atoms with Crippen molar-refractivity contribution in [3.63, 3.8) is 0 Å². The average molecular weight is 1410 g/mol. The molecule has 0 spiro atoms. The molecule has 0 aromatic carbocycles. The largest absolute Gasteiger partial charge is 0.394 e. The van der Waals surface area contributed by atoms with Crippen LogP contribution >= 0.6 is 0 Å². The van der Waals surface area contributed by atoms with Gasteiger partial charge in [-0.3, -0.25) is 4.79 Å². The molecule has 2 aliphatic heterocycles. The van der Waals surface area contributed by atoms with E-state index in [-0.39, 0.29) is 18.9 Å². The Hall–Kier alpha value is -1.53. The van der Waals surface area contributed by atoms with Crippen molar-refractivity contribution >= 4 is 5.91 Å². The highest BCUT2D eigenvalue weighted by Crippen LogP contribution is 2.31. The first-order valence-electron chi connectivity index (χ1n) is 43.1. The Morgan fingerprint density at radius 1 is 0.354 bits per heavy atom. The number of amides is 1. The molecule has 2 heterocycles. The standard InChI is InChI=1S/C85H163NO13/c1-3-5-7-9-11-13-15-17-19-21-23-25-27-29-30-31-32-33-34-35-36-37-38-39-40-41-42-43-44-45-47-49-51-53-55-57-59-61-63-65-67-69-77(90)86-73(72-96-84-82(95)80(93)83(76(71-88)98-84)99-85-81(94)79(92)78(91)75(70-87)97-85)74(89)68-66-64-62-60-58-56-54-52-50-48-46-28-26-24-22-20-18-16-14-12-10-8-6-4-2/h58,60,66,68,73-76,78-85,87-89,91-95H,3-57,59,61-65,67,69-72H2,1-2H3,(H,86,90)/b60-58+,68-66+. The zero-order chi connectivity index (χ0) is 71.5. The number of aliphatic hydroxyl groups excluding tert-OH is 8. The van der Waals surface area contributed by atoms with E-state index < -0.39 is 86.8 Å². The lowest BCUT2D eigenvalue weighted by Gasteiger charge is -2.46. The minimum atomic E-state index is -1.79. The molecule has 2 saturated heterocycles. The van der Waals surface area contributed by atoms with E-state index in [9.17, 15) is 45.6 Å². The molecule has 1 amide bonds. The van der Waals surface area contributed by atoms with Gasteiger partial charge in [0.25, 0.3) is 0 Å². The van der Waals surface area contributed by atoms with Gasteiger partial charge in [-0.05, 0) is 32.1 Å². The normalized spacial score (nSPS) is 22.0. The molecule has 9 N–H and O–H groups in total. The number of ether oxygens (including phenoxy) is 4. The van der Waals surface area contributed by atoms with Crippen LogP contribution in [0.1, 0.15) is 418 Å². The van der Waals surface area contributed by atoms with Crippen molar-refractivity contribution < 1.29 is 64.6 Å². The van der Waals surface area contributed by atoms with Crippen LogP contribution in [0.15, 0.2) is 24.3 Å². The lowest BCUT2D eigenvalue weighted by Crippen LogP contribution is -2.65. The number of aliphatic hydroxyl groups is 8. The quantitative estimate of drug-likeness (QED) is 0.0204. The summed E-state index contributed by atoms with van der Waals surface area (Å²) in [5.41, 5.74) is 0. The fraction of sp³-hybridized carbons (Fsp3) is 0.941. The first-order chi connectivity index (χ1) is 48.6. The van der Waals surface area contributed by atoms with Gasteiger partial charge in [-0.2, -0.15) is 0 Å². The van der Waals surface area contributed by atoms with E-state index >= 15 is 0 Å². The zero-order valence-electron chi connectivity index (χ0n) is 64.5. The number of carbonyl (C=O) groups excluding carboxylic acids is 1. The molecule has 0 radical (unpaired) electrons. The molecule has 14 heteroatoms. The third-order valence-electron chi connectivity index (χ3n) is 21.4. The van der Waals surface area contributed by atoms with E-state index in [1.54, 1.807) is 6.08 Å². The molecule has 2 rings (SSSR count). The smallest absolute Gasteiger partial charge is 0.220 e. The van der Waals surface area contributed by atoms with Crippen molar-refractivity contribution in [1.82, 2.24) is 5.32 Å². The van der Waals surface area contributed by atoms with E-state index in [4.69, 9.17) is 18.9 Å². The van der Waals surface area contributed by atoms with E-state index in [1.165, 1.54) is 353 Å². The van der Waals surface area contributed by atoms with Gasteiger partial charge in [-0.25, -0.2) is 0 Å². The maximum absolute atomic E-state index is 13.4. The third kappa shape index (κ3) is 52.2. The van der Waals surface area contributed by atoms with Crippen molar-refractivity contribution in [2.45, 2.75) is 492 Å². The Bertz CT molecular complexity index is 1760. The number of allylic oxidation sites excluding steroid dienone is 3. The van der Waals surface area contributed by atoms with Crippen LogP contribution in [0, 0.1) is 0 Å². The predicted octanol–water partition coefficient (Wildman–Crippen LogP) is 20.2. The second kappa shape index (κ2) is 69.5. The summed E-state index contributed by atoms with van der Waals surface area (Å²) in [5, 5.41) is 87.7. The van der Waals surface area contributed by atoms with Gasteiger partial charge in [-0.15, -0.1) is 0 Å². The predicted molar refractivity (Wildman–Crippen MR) is 411 cm³/mol. The van der Waals surface area contributed by atoms with Gasteiger partial charge in [0, 0.05) is 6.42 Å². The highest BCUT2D eigenvalue weighted by Gasteiger charge is 2.51. The van der Waals surface area contributed by atoms with Crippen LogP contribution in [-0.4, -0.2) is 140 Å². The maximum atomic E-state index is 13.4. The Labute approximate surface area is 609 Å². The van der Waals surface area contributed by atoms with Gasteiger partial charge < -0.3 is 65.1 Å². The molecular formula is C85H163NO13. The minimum absolute atomic E-state index is 0.239. The number of hydrogen-bond donors (Lipinski definition) is 9. The summed E-state index contributed by atoms with van der Waals surface area (Å²) >= 11 is 0. The molecule has 0 aromatic rings. The Morgan fingerprint density at radius 3 is 0.990 bits per heavy atom. The van der Waals surface area contributed by atoms with Gasteiger partial charge in [0.1, 0.15) is 48.8 Å². The van der Waals surface area contributed by atoms with Gasteiger partial charge >= 0.3 is 0 Å². The SMILES string of the molecule is CCCCCCCCCCCCCCCCCCCC/C=C/CC/C=C/C(O)C(COC1OC(CO)C(OC2OC(CO)C(O)C(O)C2O)C(O)C1O)NC(=O)CCCCCCCCCCCCCCCCCCCCCCCCCCCCCCCCCCCCCCCCCCC. The monoisotopic (exact) mass is 1410 g/mol. The second-order valence-electron chi connectivity index (χ2n) is 30.7. The molecule has 0 bridgehead atoms. The van der Waals surface area contributed by atoms with Crippen LogP contribution in [0.4, 0.5) is 0 Å². The summed E-state index contributed by atoms with van der Waals surface area (Å²) in [6.07, 6.45) is 74.5. The summed E-state index contributed by atoms with van der Waals surface area (Å²) in [6.45, 7) is 2.86. The van der Waals surface area contributed by atoms with Crippen molar-refractivity contribution in [3.8, 4) is 0 Å². The maximum Gasteiger partial charge on any atom is 0.220 e. The molecule has 99 heavy (non-hydrogen) atoms. The Morgan fingerprint density at radius 2 is 0.646 bits per heavy atom. The number of carbonyl (C=O) groups is 1. The van der Waals surface area contributed by atoms with Crippen molar-refractivity contribution in [3.05, 3.63) is 24.3 Å². The molecule has 0 aromatic heterocycles. The average Bonchev–Trinajstić information content (AvgIpc) is 0.794. The molecule has 0 saturated carbocycles. The summed E-state index contributed by atoms with van der Waals surface area (Å²) in [4.78, 5) is 13.4. The van der Waals surface area contributed by atoms with Gasteiger partial charge in [0.05, 0.1) is 32.0 Å². The van der Waals surface area contributed by atoms with E-state index in [0.717, 1.165) is 32.1 Å². The van der Waals surface area contributed by atoms with Crippen LogP contribution in [0.5, 0.6) is 0 Å². The number of rotatable bonds is 74. The molecule has 586 valence electrons. The molecule has 0 aliphatic carbocycles. The van der Waals surface area contributed by atoms with E-state index in [2.05, 4.69) is 31.3 Å². The summed E-state index contributed by atoms with van der Waals surface area (Å²) < 4.78 is 22.9. The molecule has 2 fully saturated rings. The number of nitrogens with one attached hydrogen (secondary N) is 1. The summed E-state index contributed by atoms with van der Waals surface area (Å²) in [5.74, 6) is -0.239. The van der Waals surface area contributed by atoms with Gasteiger partial charge in [0.2, 0.25) is 5.91 Å². The van der Waals surface area contributed by atoms with Crippen LogP contribution < -0.4 is 5.32 Å². The highest BCUT2D eigenvalue weighted by molar-refractivity contribution is 5.76. The molecular weight excluding hydrogens is 1240 g/mol. The summed E-state index contributed by atoms with van der Waals surface area (Å²) in [7, 11) is 0. The molecule has 12 atom stereocenters. The topological polar surface area (TPSA) is 228 Å². The lowest BCUT2D eigenvalue weighted by atomic mass is 9.97. The third-order valence-corrected chi connectivity index (χ3v) is 21.4. The molecule has 14 nitrogen and oxygen atoms in total. The highest BCUT2D eigenvalue weighted by atomic mass is 16.7. The van der Waals surface area contributed by atoms with Crippen LogP contribution in [0.25, 0.3) is 0 Å². The number of hydrogen-bond acceptors (Lipinski definition) is 13. The lowest BCUT2D eigenvalue weighted by molar-refractivity contribution is -0.359. The Balaban J connectivity index is 1.55. The molecule has 2 aliphatic rings. The van der Waals surface area contributed by atoms with Crippen LogP contribution in [-0.2, 0) is 23.7 Å². The van der Waals surface area contributed by atoms with E-state index in [1.807, 2.05) is 6.08 Å². The Kier molecular flexibility index (Phi) is 65.7. The van der Waals surface area contributed by atoms with Gasteiger partial charge in [0.15, 0.2) is 12.6 Å². The van der Waals surface area contributed by atoms with Crippen molar-refractivity contribution in [1.29, 1.82) is 0 Å². The van der Waals surface area contributed by atoms with Crippen molar-refractivity contribution in [2.24, 2.45) is 0 Å². The fourth-order valence-corrected chi connectivity index (χ4v) is 14.6.